The molecule has 1 aromatic carbocycles. The second kappa shape index (κ2) is 5.37. The summed E-state index contributed by atoms with van der Waals surface area (Å²) < 4.78 is 0. The Morgan fingerprint density at radius 3 is 2.62 bits per heavy atom. The maximum atomic E-state index is 9.33. The minimum absolute atomic E-state index is 0.0460. The lowest BCUT2D eigenvalue weighted by molar-refractivity contribution is 0.243. The molecule has 16 heavy (non-hydrogen) atoms. The fourth-order valence-corrected chi connectivity index (χ4v) is 1.95. The van der Waals surface area contributed by atoms with E-state index < -0.39 is 0 Å². The van der Waals surface area contributed by atoms with Crippen molar-refractivity contribution >= 4 is 23.2 Å². The molecule has 2 nitrogen and oxygen atoms in total. The third-order valence-electron chi connectivity index (χ3n) is 2.88. The van der Waals surface area contributed by atoms with Crippen molar-refractivity contribution in [3.8, 4) is 0 Å². The first kappa shape index (κ1) is 12.2. The smallest absolute Gasteiger partial charge is 0.0626 e. The lowest BCUT2D eigenvalue weighted by Gasteiger charge is -2.17. The summed E-state index contributed by atoms with van der Waals surface area (Å²) >= 11 is 11.8. The number of nitrogens with one attached hydrogen (secondary N) is 1. The van der Waals surface area contributed by atoms with E-state index >= 15 is 0 Å². The summed E-state index contributed by atoms with van der Waals surface area (Å²) in [5.74, 6) is 0.789. The van der Waals surface area contributed by atoms with Crippen LogP contribution in [0.3, 0.4) is 0 Å². The molecule has 1 fully saturated rings. The Morgan fingerprint density at radius 1 is 1.31 bits per heavy atom. The third-order valence-corrected chi connectivity index (χ3v) is 3.62. The Kier molecular flexibility index (Phi) is 4.09. The molecule has 0 heterocycles. The number of aliphatic hydroxyl groups is 1. The first-order valence-electron chi connectivity index (χ1n) is 5.50. The molecule has 1 aromatic rings. The molecule has 0 spiro atoms. The average Bonchev–Trinajstić information content (AvgIpc) is 3.08. The number of benzene rings is 1. The summed E-state index contributed by atoms with van der Waals surface area (Å²) in [6, 6.07) is 5.43. The minimum atomic E-state index is -0.0460. The van der Waals surface area contributed by atoms with Gasteiger partial charge in [0.25, 0.3) is 0 Å². The molecule has 1 saturated carbocycles. The molecule has 1 aliphatic carbocycles. The number of hydrogen-bond acceptors (Lipinski definition) is 2. The fraction of sp³-hybridized carbons (Fsp3) is 0.500. The highest BCUT2D eigenvalue weighted by atomic mass is 35.5. The minimum Gasteiger partial charge on any atom is -0.394 e. The number of halogens is 2. The van der Waals surface area contributed by atoms with Crippen molar-refractivity contribution in [1.82, 2.24) is 5.32 Å². The quantitative estimate of drug-likeness (QED) is 0.852. The van der Waals surface area contributed by atoms with E-state index in [-0.39, 0.29) is 12.6 Å². The van der Waals surface area contributed by atoms with Gasteiger partial charge in [0.05, 0.1) is 22.7 Å². The molecule has 2 N–H and O–H groups in total. The van der Waals surface area contributed by atoms with Crippen LogP contribution in [0.4, 0.5) is 0 Å². The molecule has 4 heteroatoms. The normalized spacial score (nSPS) is 17.4. The Bertz CT molecular complexity index is 366. The van der Waals surface area contributed by atoms with Gasteiger partial charge >= 0.3 is 0 Å². The van der Waals surface area contributed by atoms with E-state index in [1.807, 2.05) is 12.1 Å². The summed E-state index contributed by atoms with van der Waals surface area (Å²) in [5.41, 5.74) is 0.984. The highest BCUT2D eigenvalue weighted by molar-refractivity contribution is 6.42. The van der Waals surface area contributed by atoms with Crippen LogP contribution in [0, 0.1) is 5.92 Å². The zero-order chi connectivity index (χ0) is 11.5. The molecule has 88 valence electrons. The van der Waals surface area contributed by atoms with E-state index in [0.29, 0.717) is 10.0 Å². The van der Waals surface area contributed by atoms with Gasteiger partial charge in [-0.15, -0.1) is 0 Å². The monoisotopic (exact) mass is 259 g/mol. The predicted octanol–water partition coefficient (Wildman–Crippen LogP) is 3.03. The molecule has 0 radical (unpaired) electrons. The largest absolute Gasteiger partial charge is 0.394 e. The molecular formula is C12H15Cl2NO. The first-order chi connectivity index (χ1) is 7.70. The summed E-state index contributed by atoms with van der Waals surface area (Å²) in [5, 5.41) is 13.8. The maximum absolute atomic E-state index is 9.33. The topological polar surface area (TPSA) is 32.3 Å². The van der Waals surface area contributed by atoms with E-state index in [9.17, 15) is 5.11 Å². The first-order valence-corrected chi connectivity index (χ1v) is 6.25. The van der Waals surface area contributed by atoms with Gasteiger partial charge in [-0.25, -0.2) is 0 Å². The van der Waals surface area contributed by atoms with Crippen molar-refractivity contribution in [3.05, 3.63) is 33.8 Å². The Labute approximate surface area is 106 Å². The summed E-state index contributed by atoms with van der Waals surface area (Å²) in [6.07, 6.45) is 2.60. The molecule has 0 amide bonds. The molecule has 0 saturated heterocycles. The average molecular weight is 260 g/mol. The van der Waals surface area contributed by atoms with E-state index in [1.165, 1.54) is 12.8 Å². The highest BCUT2D eigenvalue weighted by Crippen LogP contribution is 2.29. The zero-order valence-electron chi connectivity index (χ0n) is 8.92. The van der Waals surface area contributed by atoms with Gasteiger partial charge < -0.3 is 10.4 Å². The standard InChI is InChI=1S/C12H15Cl2NO/c13-10-4-3-9(5-11(10)14)12(7-16)15-6-8-1-2-8/h3-5,8,12,15-16H,1-2,6-7H2. The van der Waals surface area contributed by atoms with E-state index in [4.69, 9.17) is 23.2 Å². The van der Waals surface area contributed by atoms with Crippen molar-refractivity contribution in [1.29, 1.82) is 0 Å². The molecule has 0 aliphatic heterocycles. The molecule has 0 bridgehead atoms. The molecule has 1 unspecified atom stereocenters. The van der Waals surface area contributed by atoms with Crippen LogP contribution in [0.15, 0.2) is 18.2 Å². The molecule has 1 atom stereocenters. The second-order valence-electron chi connectivity index (χ2n) is 4.26. The van der Waals surface area contributed by atoms with Gasteiger partial charge in [0, 0.05) is 0 Å². The van der Waals surface area contributed by atoms with Gasteiger partial charge in [0.2, 0.25) is 0 Å². The lowest BCUT2D eigenvalue weighted by Crippen LogP contribution is -2.26. The number of hydrogen-bond donors (Lipinski definition) is 2. The van der Waals surface area contributed by atoms with Crippen LogP contribution in [0.5, 0.6) is 0 Å². The van der Waals surface area contributed by atoms with Crippen molar-refractivity contribution in [2.24, 2.45) is 5.92 Å². The van der Waals surface area contributed by atoms with Crippen molar-refractivity contribution in [2.75, 3.05) is 13.2 Å². The van der Waals surface area contributed by atoms with E-state index in [1.54, 1.807) is 6.07 Å². The summed E-state index contributed by atoms with van der Waals surface area (Å²) in [7, 11) is 0. The lowest BCUT2D eigenvalue weighted by atomic mass is 10.1. The van der Waals surface area contributed by atoms with Crippen LogP contribution in [0.2, 0.25) is 10.0 Å². The van der Waals surface area contributed by atoms with Gasteiger partial charge in [-0.05, 0) is 43.0 Å². The molecule has 1 aliphatic rings. The SMILES string of the molecule is OCC(NCC1CC1)c1ccc(Cl)c(Cl)c1. The highest BCUT2D eigenvalue weighted by Gasteiger charge is 2.22. The third kappa shape index (κ3) is 3.11. The van der Waals surface area contributed by atoms with Crippen molar-refractivity contribution < 1.29 is 5.11 Å². The fourth-order valence-electron chi connectivity index (χ4n) is 1.65. The second-order valence-corrected chi connectivity index (χ2v) is 5.07. The zero-order valence-corrected chi connectivity index (χ0v) is 10.4. The van der Waals surface area contributed by atoms with Gasteiger partial charge in [-0.3, -0.25) is 0 Å². The van der Waals surface area contributed by atoms with Crippen molar-refractivity contribution in [3.63, 3.8) is 0 Å². The van der Waals surface area contributed by atoms with Gasteiger partial charge in [0.1, 0.15) is 0 Å². The molecular weight excluding hydrogens is 245 g/mol. The molecule has 0 aromatic heterocycles. The van der Waals surface area contributed by atoms with Gasteiger partial charge in [-0.1, -0.05) is 29.3 Å². The number of rotatable bonds is 5. The Morgan fingerprint density at radius 2 is 2.06 bits per heavy atom. The van der Waals surface area contributed by atoms with Crippen LogP contribution in [-0.4, -0.2) is 18.3 Å². The van der Waals surface area contributed by atoms with Crippen LogP contribution >= 0.6 is 23.2 Å². The van der Waals surface area contributed by atoms with E-state index in [0.717, 1.165) is 18.0 Å². The van der Waals surface area contributed by atoms with Crippen LogP contribution < -0.4 is 5.32 Å². The van der Waals surface area contributed by atoms with Crippen molar-refractivity contribution in [2.45, 2.75) is 18.9 Å². The van der Waals surface area contributed by atoms with Crippen LogP contribution in [0.25, 0.3) is 0 Å². The van der Waals surface area contributed by atoms with E-state index in [2.05, 4.69) is 5.32 Å². The van der Waals surface area contributed by atoms with Crippen LogP contribution in [0.1, 0.15) is 24.4 Å². The van der Waals surface area contributed by atoms with Gasteiger partial charge in [0.15, 0.2) is 0 Å². The van der Waals surface area contributed by atoms with Gasteiger partial charge in [-0.2, -0.15) is 0 Å². The Hall–Kier alpha value is -0.280. The maximum Gasteiger partial charge on any atom is 0.0626 e. The predicted molar refractivity (Wildman–Crippen MR) is 67.0 cm³/mol. The summed E-state index contributed by atoms with van der Waals surface area (Å²) in [4.78, 5) is 0. The van der Waals surface area contributed by atoms with Crippen LogP contribution in [-0.2, 0) is 0 Å². The summed E-state index contributed by atoms with van der Waals surface area (Å²) in [6.45, 7) is 1.04. The number of aliphatic hydroxyl groups excluding tert-OH is 1. The Balaban J connectivity index is 2.02. The molecule has 2 rings (SSSR count).